The minimum Gasteiger partial charge on any atom is -0.384 e. The van der Waals surface area contributed by atoms with Gasteiger partial charge in [-0.1, -0.05) is 12.1 Å². The molecule has 2 rings (SSSR count). The van der Waals surface area contributed by atoms with Gasteiger partial charge in [0.05, 0.1) is 12.1 Å². The molecule has 0 bridgehead atoms. The molecule has 0 amide bonds. The molecule has 0 saturated carbocycles. The Morgan fingerprint density at radius 3 is 2.89 bits per heavy atom. The SMILES string of the molecule is CCOCCn1c(Br)c(OC#N)c2ccccc21. The van der Waals surface area contributed by atoms with Gasteiger partial charge in [0.1, 0.15) is 4.60 Å². The number of rotatable bonds is 5. The highest BCUT2D eigenvalue weighted by Gasteiger charge is 2.16. The molecule has 0 spiro atoms. The molecule has 0 aliphatic heterocycles. The van der Waals surface area contributed by atoms with Gasteiger partial charge in [-0.2, -0.15) is 0 Å². The molecule has 0 N–H and O–H groups in total. The molecule has 4 nitrogen and oxygen atoms in total. The van der Waals surface area contributed by atoms with Gasteiger partial charge < -0.3 is 14.0 Å². The maximum absolute atomic E-state index is 8.70. The summed E-state index contributed by atoms with van der Waals surface area (Å²) >= 11 is 3.48. The predicted molar refractivity (Wildman–Crippen MR) is 72.4 cm³/mol. The monoisotopic (exact) mass is 308 g/mol. The molecular formula is C13H13BrN2O2. The van der Waals surface area contributed by atoms with Crippen molar-refractivity contribution in [2.45, 2.75) is 13.5 Å². The predicted octanol–water partition coefficient (Wildman–Crippen LogP) is 3.30. The van der Waals surface area contributed by atoms with Crippen molar-refractivity contribution in [3.63, 3.8) is 0 Å². The smallest absolute Gasteiger partial charge is 0.292 e. The summed E-state index contributed by atoms with van der Waals surface area (Å²) in [7, 11) is 0. The van der Waals surface area contributed by atoms with Gasteiger partial charge in [-0.15, -0.1) is 5.26 Å². The van der Waals surface area contributed by atoms with E-state index < -0.39 is 0 Å². The molecular weight excluding hydrogens is 296 g/mol. The van der Waals surface area contributed by atoms with E-state index in [2.05, 4.69) is 15.9 Å². The summed E-state index contributed by atoms with van der Waals surface area (Å²) in [6, 6.07) is 7.81. The van der Waals surface area contributed by atoms with E-state index in [0.717, 1.165) is 15.5 Å². The molecule has 0 fully saturated rings. The average Bonchev–Trinajstić information content (AvgIpc) is 2.65. The number of nitrogens with zero attached hydrogens (tertiary/aromatic N) is 2. The second-order valence-electron chi connectivity index (χ2n) is 3.68. The number of para-hydroxylation sites is 1. The van der Waals surface area contributed by atoms with Crippen LogP contribution in [0.1, 0.15) is 6.92 Å². The lowest BCUT2D eigenvalue weighted by Crippen LogP contribution is -2.05. The standard InChI is InChI=1S/C13H13BrN2O2/c1-2-17-8-7-16-11-6-4-3-5-10(11)12(13(16)14)18-9-15/h3-6H,2,7-8H2,1H3. The third kappa shape index (κ3) is 2.35. The van der Waals surface area contributed by atoms with Crippen LogP contribution in [0, 0.1) is 11.5 Å². The first-order valence-electron chi connectivity index (χ1n) is 5.70. The number of hydrogen-bond donors (Lipinski definition) is 0. The highest BCUT2D eigenvalue weighted by molar-refractivity contribution is 9.10. The third-order valence-corrected chi connectivity index (χ3v) is 3.46. The molecule has 1 aromatic heterocycles. The number of nitriles is 1. The summed E-state index contributed by atoms with van der Waals surface area (Å²) in [5.41, 5.74) is 1.02. The number of halogens is 1. The van der Waals surface area contributed by atoms with Crippen molar-refractivity contribution < 1.29 is 9.47 Å². The summed E-state index contributed by atoms with van der Waals surface area (Å²) in [5, 5.41) is 9.62. The van der Waals surface area contributed by atoms with Gasteiger partial charge in [0.15, 0.2) is 5.75 Å². The van der Waals surface area contributed by atoms with Crippen LogP contribution in [0.15, 0.2) is 28.9 Å². The molecule has 0 aliphatic carbocycles. The van der Waals surface area contributed by atoms with Crippen molar-refractivity contribution >= 4 is 26.8 Å². The van der Waals surface area contributed by atoms with Crippen LogP contribution in [0.25, 0.3) is 10.9 Å². The first-order valence-corrected chi connectivity index (χ1v) is 6.49. The molecule has 18 heavy (non-hydrogen) atoms. The Morgan fingerprint density at radius 1 is 1.39 bits per heavy atom. The van der Waals surface area contributed by atoms with E-state index in [9.17, 15) is 0 Å². The minimum absolute atomic E-state index is 0.560. The van der Waals surface area contributed by atoms with Crippen molar-refractivity contribution in [3.05, 3.63) is 28.9 Å². The van der Waals surface area contributed by atoms with Crippen LogP contribution in [0.5, 0.6) is 5.75 Å². The Bertz CT molecular complexity index is 586. The van der Waals surface area contributed by atoms with Crippen molar-refractivity contribution in [2.24, 2.45) is 0 Å². The normalized spacial score (nSPS) is 10.5. The summed E-state index contributed by atoms with van der Waals surface area (Å²) in [6.45, 7) is 3.99. The van der Waals surface area contributed by atoms with Crippen LogP contribution >= 0.6 is 15.9 Å². The lowest BCUT2D eigenvalue weighted by atomic mass is 10.2. The molecule has 2 aromatic rings. The van der Waals surface area contributed by atoms with Crippen LogP contribution in [-0.2, 0) is 11.3 Å². The number of aromatic nitrogens is 1. The molecule has 5 heteroatoms. The Morgan fingerprint density at radius 2 is 2.17 bits per heavy atom. The zero-order valence-electron chi connectivity index (χ0n) is 10.0. The van der Waals surface area contributed by atoms with E-state index >= 15 is 0 Å². The summed E-state index contributed by atoms with van der Waals surface area (Å²) in [6.07, 6.45) is 1.72. The Labute approximate surface area is 114 Å². The minimum atomic E-state index is 0.560. The Kier molecular flexibility index (Phi) is 4.24. The van der Waals surface area contributed by atoms with E-state index in [4.69, 9.17) is 14.7 Å². The van der Waals surface area contributed by atoms with Gasteiger partial charge in [0.2, 0.25) is 0 Å². The van der Waals surface area contributed by atoms with E-state index in [1.807, 2.05) is 35.8 Å². The molecule has 0 atom stereocenters. The van der Waals surface area contributed by atoms with Crippen LogP contribution in [-0.4, -0.2) is 17.8 Å². The highest BCUT2D eigenvalue weighted by Crippen LogP contribution is 2.36. The second-order valence-corrected chi connectivity index (χ2v) is 4.43. The fraction of sp³-hybridized carbons (Fsp3) is 0.308. The van der Waals surface area contributed by atoms with E-state index in [1.54, 1.807) is 6.26 Å². The van der Waals surface area contributed by atoms with Gasteiger partial charge in [-0.3, -0.25) is 0 Å². The second kappa shape index (κ2) is 5.89. The average molecular weight is 309 g/mol. The molecule has 0 radical (unpaired) electrons. The molecule has 0 saturated heterocycles. The van der Waals surface area contributed by atoms with Crippen LogP contribution in [0.2, 0.25) is 0 Å². The largest absolute Gasteiger partial charge is 0.384 e. The number of hydrogen-bond acceptors (Lipinski definition) is 3. The van der Waals surface area contributed by atoms with Crippen molar-refractivity contribution in [3.8, 4) is 12.0 Å². The number of benzene rings is 1. The van der Waals surface area contributed by atoms with Gasteiger partial charge in [0, 0.05) is 18.5 Å². The van der Waals surface area contributed by atoms with Crippen LogP contribution < -0.4 is 4.74 Å². The lowest BCUT2D eigenvalue weighted by Gasteiger charge is -2.06. The lowest BCUT2D eigenvalue weighted by molar-refractivity contribution is 0.139. The van der Waals surface area contributed by atoms with Crippen LogP contribution in [0.4, 0.5) is 0 Å². The van der Waals surface area contributed by atoms with Crippen LogP contribution in [0.3, 0.4) is 0 Å². The maximum Gasteiger partial charge on any atom is 0.292 e. The van der Waals surface area contributed by atoms with Gasteiger partial charge in [-0.25, -0.2) is 0 Å². The fourth-order valence-electron chi connectivity index (χ4n) is 1.90. The van der Waals surface area contributed by atoms with Gasteiger partial charge in [-0.05, 0) is 35.0 Å². The maximum atomic E-state index is 8.70. The molecule has 1 aromatic carbocycles. The van der Waals surface area contributed by atoms with Crippen molar-refractivity contribution in [1.82, 2.24) is 4.57 Å². The molecule has 0 aliphatic rings. The molecule has 94 valence electrons. The first-order chi connectivity index (χ1) is 8.79. The summed E-state index contributed by atoms with van der Waals surface area (Å²) < 4.78 is 13.2. The first kappa shape index (κ1) is 12.9. The van der Waals surface area contributed by atoms with E-state index in [0.29, 0.717) is 25.5 Å². The Balaban J connectivity index is 2.45. The van der Waals surface area contributed by atoms with E-state index in [-0.39, 0.29) is 0 Å². The number of ether oxygens (including phenoxy) is 2. The fourth-order valence-corrected chi connectivity index (χ4v) is 2.56. The zero-order chi connectivity index (χ0) is 13.0. The molecule has 0 unspecified atom stereocenters. The topological polar surface area (TPSA) is 47.2 Å². The van der Waals surface area contributed by atoms with Crippen molar-refractivity contribution in [1.29, 1.82) is 5.26 Å². The molecule has 1 heterocycles. The zero-order valence-corrected chi connectivity index (χ0v) is 11.6. The Hall–Kier alpha value is -1.51. The van der Waals surface area contributed by atoms with Gasteiger partial charge in [0.25, 0.3) is 6.26 Å². The quantitative estimate of drug-likeness (QED) is 0.629. The summed E-state index contributed by atoms with van der Waals surface area (Å²) in [5.74, 6) is 0.560. The summed E-state index contributed by atoms with van der Waals surface area (Å²) in [4.78, 5) is 0. The third-order valence-electron chi connectivity index (χ3n) is 2.67. The number of fused-ring (bicyclic) bond motifs is 1. The van der Waals surface area contributed by atoms with E-state index in [1.165, 1.54) is 0 Å². The highest BCUT2D eigenvalue weighted by atomic mass is 79.9. The van der Waals surface area contributed by atoms with Gasteiger partial charge >= 0.3 is 0 Å². The van der Waals surface area contributed by atoms with Crippen molar-refractivity contribution in [2.75, 3.05) is 13.2 Å².